The van der Waals surface area contributed by atoms with Crippen LogP contribution in [0.1, 0.15) is 66.8 Å². The summed E-state index contributed by atoms with van der Waals surface area (Å²) in [4.78, 5) is 36.0. The molecule has 0 saturated heterocycles. The zero-order chi connectivity index (χ0) is 17.7. The Bertz CT molecular complexity index is 635. The lowest BCUT2D eigenvalue weighted by Crippen LogP contribution is -2.24. The van der Waals surface area contributed by atoms with Crippen molar-refractivity contribution in [2.45, 2.75) is 64.9 Å². The number of nitrogens with one attached hydrogen (secondary N) is 1. The first-order valence-electron chi connectivity index (χ1n) is 8.23. The Hall–Kier alpha value is -1.89. The van der Waals surface area contributed by atoms with Crippen molar-refractivity contribution in [2.24, 2.45) is 0 Å². The van der Waals surface area contributed by atoms with Crippen molar-refractivity contribution >= 4 is 34.2 Å². The molecule has 1 aliphatic carbocycles. The molecule has 1 heterocycles. The van der Waals surface area contributed by atoms with Crippen molar-refractivity contribution in [2.75, 3.05) is 5.32 Å². The maximum absolute atomic E-state index is 12.5. The van der Waals surface area contributed by atoms with Gasteiger partial charge in [0.25, 0.3) is 0 Å². The number of ether oxygens (including phenoxy) is 1. The average Bonchev–Trinajstić information content (AvgIpc) is 2.65. The van der Waals surface area contributed by atoms with E-state index >= 15 is 0 Å². The van der Waals surface area contributed by atoms with Crippen molar-refractivity contribution < 1.29 is 24.2 Å². The first-order chi connectivity index (χ1) is 11.4. The monoisotopic (exact) mass is 352 g/mol. The topological polar surface area (TPSA) is 95.5 Å². The third-order valence-corrected chi connectivity index (χ3v) is 4.98. The first kappa shape index (κ1) is 18.4. The van der Waals surface area contributed by atoms with Crippen LogP contribution in [-0.4, -0.2) is 23.9 Å². The molecule has 0 radical (unpaired) electrons. The summed E-state index contributed by atoms with van der Waals surface area (Å²) in [5.74, 6) is -2.14. The van der Waals surface area contributed by atoms with Crippen molar-refractivity contribution in [3.63, 3.8) is 0 Å². The number of amides is 1. The molecule has 0 spiro atoms. The van der Waals surface area contributed by atoms with Gasteiger partial charge in [-0.3, -0.25) is 4.79 Å². The lowest BCUT2D eigenvalue weighted by Gasteiger charge is -2.11. The zero-order valence-corrected chi connectivity index (χ0v) is 14.8. The SMILES string of the molecule is CC(C)OC(=O)c1c(NC(=O)CCC(=O)[O-])sc2c1CCCCC2. The van der Waals surface area contributed by atoms with Gasteiger partial charge in [0.2, 0.25) is 5.91 Å². The number of esters is 1. The number of carboxylic acid groups (broad SMARTS) is 1. The normalized spacial score (nSPS) is 14.0. The van der Waals surface area contributed by atoms with E-state index in [4.69, 9.17) is 4.74 Å². The fraction of sp³-hybridized carbons (Fsp3) is 0.588. The summed E-state index contributed by atoms with van der Waals surface area (Å²) in [5, 5.41) is 13.6. The second-order valence-corrected chi connectivity index (χ2v) is 7.25. The summed E-state index contributed by atoms with van der Waals surface area (Å²) < 4.78 is 5.33. The molecule has 1 N–H and O–H groups in total. The highest BCUT2D eigenvalue weighted by Crippen LogP contribution is 2.38. The molecule has 24 heavy (non-hydrogen) atoms. The van der Waals surface area contributed by atoms with E-state index in [0.29, 0.717) is 10.6 Å². The van der Waals surface area contributed by atoms with E-state index in [9.17, 15) is 19.5 Å². The van der Waals surface area contributed by atoms with Gasteiger partial charge in [0.1, 0.15) is 5.00 Å². The van der Waals surface area contributed by atoms with E-state index in [1.54, 1.807) is 13.8 Å². The van der Waals surface area contributed by atoms with Crippen LogP contribution in [0.3, 0.4) is 0 Å². The number of carbonyl (C=O) groups excluding carboxylic acids is 3. The molecule has 0 unspecified atom stereocenters. The molecule has 7 heteroatoms. The predicted molar refractivity (Wildman–Crippen MR) is 89.0 cm³/mol. The summed E-state index contributed by atoms with van der Waals surface area (Å²) in [7, 11) is 0. The number of hydrogen-bond acceptors (Lipinski definition) is 6. The van der Waals surface area contributed by atoms with Crippen molar-refractivity contribution in [3.05, 3.63) is 16.0 Å². The number of carboxylic acids is 1. The molecule has 0 fully saturated rings. The molecule has 1 aromatic heterocycles. The number of carbonyl (C=O) groups is 3. The molecule has 132 valence electrons. The summed E-state index contributed by atoms with van der Waals surface area (Å²) in [6.45, 7) is 3.56. The summed E-state index contributed by atoms with van der Waals surface area (Å²) >= 11 is 1.40. The van der Waals surface area contributed by atoms with Gasteiger partial charge in [-0.05, 0) is 51.5 Å². The van der Waals surface area contributed by atoms with Crippen LogP contribution in [-0.2, 0) is 27.2 Å². The summed E-state index contributed by atoms with van der Waals surface area (Å²) in [5.41, 5.74) is 1.41. The van der Waals surface area contributed by atoms with Crippen molar-refractivity contribution in [3.8, 4) is 0 Å². The lowest BCUT2D eigenvalue weighted by atomic mass is 10.1. The smallest absolute Gasteiger partial charge is 0.341 e. The molecular weight excluding hydrogens is 330 g/mol. The number of hydrogen-bond donors (Lipinski definition) is 1. The molecule has 0 aromatic carbocycles. The summed E-state index contributed by atoms with van der Waals surface area (Å²) in [6, 6.07) is 0. The van der Waals surface area contributed by atoms with E-state index in [1.165, 1.54) is 11.3 Å². The molecule has 1 aromatic rings. The third kappa shape index (κ3) is 4.80. The van der Waals surface area contributed by atoms with Crippen LogP contribution in [0.25, 0.3) is 0 Å². The minimum atomic E-state index is -1.27. The Balaban J connectivity index is 2.27. The predicted octanol–water partition coefficient (Wildman–Crippen LogP) is 2.05. The van der Waals surface area contributed by atoms with Gasteiger partial charge in [0.15, 0.2) is 0 Å². The number of aliphatic carboxylic acids is 1. The molecule has 2 rings (SSSR count). The standard InChI is InChI=1S/C17H23NO5S/c1-10(2)23-17(22)15-11-6-4-3-5-7-12(11)24-16(15)18-13(19)8-9-14(20)21/h10H,3-9H2,1-2H3,(H,18,19)(H,20,21)/p-1. The largest absolute Gasteiger partial charge is 0.550 e. The molecule has 0 aliphatic heterocycles. The Kier molecular flexibility index (Phi) is 6.36. The number of aryl methyl sites for hydroxylation is 1. The molecule has 1 aliphatic rings. The third-order valence-electron chi connectivity index (χ3n) is 3.78. The highest BCUT2D eigenvalue weighted by Gasteiger charge is 2.27. The number of fused-ring (bicyclic) bond motifs is 1. The second-order valence-electron chi connectivity index (χ2n) is 6.14. The van der Waals surface area contributed by atoms with E-state index in [1.807, 2.05) is 0 Å². The van der Waals surface area contributed by atoms with Gasteiger partial charge >= 0.3 is 5.97 Å². The molecule has 1 amide bonds. The Morgan fingerprint density at radius 2 is 1.88 bits per heavy atom. The zero-order valence-electron chi connectivity index (χ0n) is 14.0. The average molecular weight is 352 g/mol. The van der Waals surface area contributed by atoms with Gasteiger partial charge in [-0.25, -0.2) is 4.79 Å². The molecule has 0 atom stereocenters. The molecule has 0 saturated carbocycles. The number of rotatable bonds is 6. The molecular formula is C17H22NO5S-. The van der Waals surface area contributed by atoms with Crippen LogP contribution >= 0.6 is 11.3 Å². The van der Waals surface area contributed by atoms with Gasteiger partial charge in [-0.2, -0.15) is 0 Å². The number of anilines is 1. The van der Waals surface area contributed by atoms with Gasteiger partial charge in [0.05, 0.1) is 11.7 Å². The Morgan fingerprint density at radius 3 is 2.54 bits per heavy atom. The van der Waals surface area contributed by atoms with Gasteiger partial charge in [-0.1, -0.05) is 6.42 Å². The minimum Gasteiger partial charge on any atom is -0.550 e. The minimum absolute atomic E-state index is 0.177. The fourth-order valence-electron chi connectivity index (χ4n) is 2.72. The quantitative estimate of drug-likeness (QED) is 0.624. The Morgan fingerprint density at radius 1 is 1.17 bits per heavy atom. The first-order valence-corrected chi connectivity index (χ1v) is 9.05. The van der Waals surface area contributed by atoms with E-state index in [2.05, 4.69) is 5.32 Å². The van der Waals surface area contributed by atoms with Crippen LogP contribution in [0, 0.1) is 0 Å². The van der Waals surface area contributed by atoms with Crippen LogP contribution in [0.5, 0.6) is 0 Å². The van der Waals surface area contributed by atoms with Crippen LogP contribution in [0.4, 0.5) is 5.00 Å². The van der Waals surface area contributed by atoms with Crippen molar-refractivity contribution in [1.82, 2.24) is 0 Å². The van der Waals surface area contributed by atoms with Gasteiger partial charge < -0.3 is 20.0 Å². The highest BCUT2D eigenvalue weighted by molar-refractivity contribution is 7.17. The highest BCUT2D eigenvalue weighted by atomic mass is 32.1. The lowest BCUT2D eigenvalue weighted by molar-refractivity contribution is -0.305. The van der Waals surface area contributed by atoms with Crippen LogP contribution in [0.15, 0.2) is 0 Å². The molecule has 0 bridgehead atoms. The van der Waals surface area contributed by atoms with Crippen LogP contribution in [0.2, 0.25) is 0 Å². The fourth-order valence-corrected chi connectivity index (χ4v) is 4.02. The maximum atomic E-state index is 12.5. The summed E-state index contributed by atoms with van der Waals surface area (Å²) in [6.07, 6.45) is 4.09. The Labute approximate surface area is 145 Å². The van der Waals surface area contributed by atoms with E-state index in [-0.39, 0.29) is 18.9 Å². The van der Waals surface area contributed by atoms with Crippen LogP contribution < -0.4 is 10.4 Å². The maximum Gasteiger partial charge on any atom is 0.341 e. The molecule has 6 nitrogen and oxygen atoms in total. The van der Waals surface area contributed by atoms with E-state index in [0.717, 1.165) is 42.5 Å². The second kappa shape index (κ2) is 8.28. The van der Waals surface area contributed by atoms with Crippen molar-refractivity contribution in [1.29, 1.82) is 0 Å². The number of thiophene rings is 1. The van der Waals surface area contributed by atoms with Gasteiger partial charge in [-0.15, -0.1) is 11.3 Å². The van der Waals surface area contributed by atoms with E-state index < -0.39 is 17.8 Å². The van der Waals surface area contributed by atoms with Gasteiger partial charge in [0, 0.05) is 17.3 Å².